The van der Waals surface area contributed by atoms with Crippen LogP contribution in [0.3, 0.4) is 0 Å². The van der Waals surface area contributed by atoms with Crippen LogP contribution in [0, 0.1) is 0 Å². The highest BCUT2D eigenvalue weighted by Crippen LogP contribution is 2.40. The fraction of sp³-hybridized carbons (Fsp3) is 0.233. The van der Waals surface area contributed by atoms with Gasteiger partial charge in [0.2, 0.25) is 0 Å². The Balaban J connectivity index is 1.34. The summed E-state index contributed by atoms with van der Waals surface area (Å²) in [5.41, 5.74) is 4.80. The molecule has 0 saturated heterocycles. The van der Waals surface area contributed by atoms with Gasteiger partial charge >= 0.3 is 0 Å². The maximum absolute atomic E-state index is 13.6. The predicted molar refractivity (Wildman–Crippen MR) is 148 cm³/mol. The Hall–Kier alpha value is -4.10. The van der Waals surface area contributed by atoms with Crippen LogP contribution in [0.5, 0.6) is 5.75 Å². The molecule has 0 atom stereocenters. The Morgan fingerprint density at radius 2 is 1.95 bits per heavy atom. The Labute approximate surface area is 227 Å². The van der Waals surface area contributed by atoms with Crippen LogP contribution in [-0.2, 0) is 13.0 Å². The van der Waals surface area contributed by atoms with Gasteiger partial charge in [-0.05, 0) is 91.4 Å². The second kappa shape index (κ2) is 11.5. The SMILES string of the molecule is CC([O-])=Nc1ccc(Cl)cc1-c1cccc2c1CCCN2C(=O)c1ccc(OCCCn2cccn2)cc1. The van der Waals surface area contributed by atoms with Crippen molar-refractivity contribution < 1.29 is 14.6 Å². The van der Waals surface area contributed by atoms with Gasteiger partial charge in [-0.15, -0.1) is 0 Å². The van der Waals surface area contributed by atoms with Crippen LogP contribution < -0.4 is 14.7 Å². The lowest BCUT2D eigenvalue weighted by molar-refractivity contribution is -0.215. The van der Waals surface area contributed by atoms with Crippen LogP contribution in [0.1, 0.15) is 35.7 Å². The van der Waals surface area contributed by atoms with Gasteiger partial charge in [0.15, 0.2) is 0 Å². The number of carbonyl (C=O) groups excluding carboxylic acids is 1. The van der Waals surface area contributed by atoms with E-state index in [0.717, 1.165) is 53.9 Å². The fourth-order valence-corrected chi connectivity index (χ4v) is 4.95. The highest BCUT2D eigenvalue weighted by atomic mass is 35.5. The topological polar surface area (TPSA) is 82.8 Å². The summed E-state index contributed by atoms with van der Waals surface area (Å²) in [7, 11) is 0. The van der Waals surface area contributed by atoms with Crippen LogP contribution >= 0.6 is 11.6 Å². The van der Waals surface area contributed by atoms with E-state index in [0.29, 0.717) is 29.4 Å². The van der Waals surface area contributed by atoms with Gasteiger partial charge in [0.1, 0.15) is 5.75 Å². The van der Waals surface area contributed by atoms with Crippen molar-refractivity contribution in [1.29, 1.82) is 0 Å². The standard InChI is InChI=1S/C30H29ClN4O3/c1-21(36)33-28-14-11-23(31)20-27(28)25-6-2-8-29-26(25)7-3-18-35(29)30(37)22-9-12-24(13-10-22)38-19-5-17-34-16-4-15-32-34/h2,4,6,8-16,20H,3,5,7,17-19H2,1H3,(H,33,36)/p-1. The van der Waals surface area contributed by atoms with Crippen molar-refractivity contribution in [2.45, 2.75) is 32.7 Å². The molecule has 0 fully saturated rings. The molecule has 0 N–H and O–H groups in total. The predicted octanol–water partition coefficient (Wildman–Crippen LogP) is 5.68. The number of fused-ring (bicyclic) bond motifs is 1. The molecule has 4 aromatic rings. The molecule has 0 unspecified atom stereocenters. The Morgan fingerprint density at radius 3 is 2.71 bits per heavy atom. The quantitative estimate of drug-likeness (QED) is 0.168. The Kier molecular flexibility index (Phi) is 7.75. The zero-order valence-corrected chi connectivity index (χ0v) is 21.9. The molecule has 5 rings (SSSR count). The number of aromatic nitrogens is 2. The summed E-state index contributed by atoms with van der Waals surface area (Å²) in [6, 6.07) is 20.4. The van der Waals surface area contributed by atoms with Gasteiger partial charge in [0, 0.05) is 53.7 Å². The second-order valence-electron chi connectivity index (χ2n) is 9.15. The Bertz CT molecular complexity index is 1450. The average Bonchev–Trinajstić information content (AvgIpc) is 3.45. The minimum Gasteiger partial charge on any atom is -0.862 e. The summed E-state index contributed by atoms with van der Waals surface area (Å²) in [4.78, 5) is 19.6. The number of carbonyl (C=O) groups is 1. The van der Waals surface area contributed by atoms with Gasteiger partial charge in [-0.1, -0.05) is 23.7 Å². The van der Waals surface area contributed by atoms with Gasteiger partial charge < -0.3 is 14.7 Å². The third-order valence-corrected chi connectivity index (χ3v) is 6.72. The first-order chi connectivity index (χ1) is 18.5. The van der Waals surface area contributed by atoms with E-state index < -0.39 is 0 Å². The maximum atomic E-state index is 13.6. The minimum absolute atomic E-state index is 0.0620. The molecule has 194 valence electrons. The lowest BCUT2D eigenvalue weighted by Crippen LogP contribution is -2.35. The number of aliphatic imine (C=N–C) groups is 1. The van der Waals surface area contributed by atoms with E-state index in [1.807, 2.05) is 70.4 Å². The van der Waals surface area contributed by atoms with Crippen molar-refractivity contribution in [3.63, 3.8) is 0 Å². The van der Waals surface area contributed by atoms with Crippen molar-refractivity contribution in [3.8, 4) is 16.9 Å². The number of benzene rings is 3. The maximum Gasteiger partial charge on any atom is 0.258 e. The van der Waals surface area contributed by atoms with Crippen molar-refractivity contribution in [2.75, 3.05) is 18.1 Å². The molecule has 3 aromatic carbocycles. The van der Waals surface area contributed by atoms with Gasteiger partial charge in [0.05, 0.1) is 12.3 Å². The number of nitrogens with zero attached hydrogens (tertiary/aromatic N) is 4. The van der Waals surface area contributed by atoms with Crippen LogP contribution in [0.4, 0.5) is 11.4 Å². The van der Waals surface area contributed by atoms with E-state index >= 15 is 0 Å². The number of hydrogen-bond donors (Lipinski definition) is 0. The summed E-state index contributed by atoms with van der Waals surface area (Å²) in [6.07, 6.45) is 6.16. The Morgan fingerprint density at radius 1 is 1.11 bits per heavy atom. The summed E-state index contributed by atoms with van der Waals surface area (Å²) in [5, 5.41) is 16.5. The van der Waals surface area contributed by atoms with Crippen molar-refractivity contribution >= 4 is 34.8 Å². The lowest BCUT2D eigenvalue weighted by Gasteiger charge is -2.31. The van der Waals surface area contributed by atoms with Crippen LogP contribution in [-0.4, -0.2) is 34.7 Å². The first kappa shape index (κ1) is 25.5. The fourth-order valence-electron chi connectivity index (χ4n) is 4.78. The van der Waals surface area contributed by atoms with E-state index in [1.54, 1.807) is 18.3 Å². The van der Waals surface area contributed by atoms with Gasteiger partial charge in [-0.2, -0.15) is 5.10 Å². The molecule has 1 amide bonds. The molecule has 0 bridgehead atoms. The first-order valence-electron chi connectivity index (χ1n) is 12.7. The molecule has 1 aliphatic rings. The molecule has 1 aliphatic heterocycles. The van der Waals surface area contributed by atoms with E-state index in [2.05, 4.69) is 10.1 Å². The molecule has 2 heterocycles. The monoisotopic (exact) mass is 527 g/mol. The van der Waals surface area contributed by atoms with E-state index in [4.69, 9.17) is 16.3 Å². The third kappa shape index (κ3) is 5.73. The summed E-state index contributed by atoms with van der Waals surface area (Å²) in [5.74, 6) is 0.389. The molecular formula is C30H28ClN4O3-. The number of anilines is 1. The number of hydrogen-bond acceptors (Lipinski definition) is 5. The smallest absolute Gasteiger partial charge is 0.258 e. The largest absolute Gasteiger partial charge is 0.862 e. The van der Waals surface area contributed by atoms with Gasteiger partial charge in [0.25, 0.3) is 5.91 Å². The lowest BCUT2D eigenvalue weighted by atomic mass is 9.91. The van der Waals surface area contributed by atoms with Crippen LogP contribution in [0.2, 0.25) is 5.02 Å². The minimum atomic E-state index is -0.277. The van der Waals surface area contributed by atoms with Crippen molar-refractivity contribution in [1.82, 2.24) is 9.78 Å². The van der Waals surface area contributed by atoms with E-state index in [9.17, 15) is 9.90 Å². The summed E-state index contributed by atoms with van der Waals surface area (Å²) in [6.45, 7) is 3.41. The number of ether oxygens (including phenoxy) is 1. The van der Waals surface area contributed by atoms with Gasteiger partial charge in [-0.3, -0.25) is 14.5 Å². The second-order valence-corrected chi connectivity index (χ2v) is 9.59. The van der Waals surface area contributed by atoms with Crippen molar-refractivity contribution in [3.05, 3.63) is 95.3 Å². The van der Waals surface area contributed by atoms with E-state index in [1.165, 1.54) is 6.92 Å². The molecule has 0 spiro atoms. The summed E-state index contributed by atoms with van der Waals surface area (Å²) >= 11 is 6.32. The summed E-state index contributed by atoms with van der Waals surface area (Å²) < 4.78 is 7.72. The molecule has 0 aliphatic carbocycles. The molecule has 8 heteroatoms. The number of amides is 1. The van der Waals surface area contributed by atoms with Gasteiger partial charge in [-0.25, -0.2) is 0 Å². The highest BCUT2D eigenvalue weighted by Gasteiger charge is 2.26. The molecule has 1 aromatic heterocycles. The van der Waals surface area contributed by atoms with Crippen LogP contribution in [0.25, 0.3) is 11.1 Å². The molecular weight excluding hydrogens is 500 g/mol. The van der Waals surface area contributed by atoms with E-state index in [-0.39, 0.29) is 11.8 Å². The van der Waals surface area contributed by atoms with Crippen molar-refractivity contribution in [2.24, 2.45) is 4.99 Å². The number of rotatable bonds is 8. The molecule has 7 nitrogen and oxygen atoms in total. The first-order valence-corrected chi connectivity index (χ1v) is 13.0. The highest BCUT2D eigenvalue weighted by molar-refractivity contribution is 6.31. The normalized spacial score (nSPS) is 13.3. The molecule has 0 saturated carbocycles. The zero-order chi connectivity index (χ0) is 26.5. The average molecular weight is 528 g/mol. The molecule has 0 radical (unpaired) electrons. The molecule has 38 heavy (non-hydrogen) atoms. The zero-order valence-electron chi connectivity index (χ0n) is 21.1. The number of halogens is 1. The third-order valence-electron chi connectivity index (χ3n) is 6.48. The van der Waals surface area contributed by atoms with Crippen LogP contribution in [0.15, 0.2) is 84.1 Å². The number of aryl methyl sites for hydroxylation is 1.